The normalized spacial score (nSPS) is 21.0. The van der Waals surface area contributed by atoms with E-state index in [1.54, 1.807) is 6.26 Å². The van der Waals surface area contributed by atoms with Gasteiger partial charge in [-0.05, 0) is 32.9 Å². The van der Waals surface area contributed by atoms with Crippen LogP contribution in [0.4, 0.5) is 0 Å². The molecule has 0 amide bonds. The van der Waals surface area contributed by atoms with Gasteiger partial charge in [-0.3, -0.25) is 9.89 Å². The SMILES string of the molecule is CCNC(=NCCN1CCCCCC1)N1CCN(Cc2ccon2)CC1. The molecule has 3 rings (SSSR count). The van der Waals surface area contributed by atoms with Gasteiger partial charge in [0.1, 0.15) is 6.26 Å². The Hall–Kier alpha value is -1.60. The van der Waals surface area contributed by atoms with E-state index in [2.05, 4.69) is 32.1 Å². The molecule has 1 aromatic heterocycles. The number of piperazine rings is 1. The monoisotopic (exact) mass is 362 g/mol. The Kier molecular flexibility index (Phi) is 7.76. The van der Waals surface area contributed by atoms with E-state index in [0.717, 1.165) is 64.0 Å². The molecule has 3 heterocycles. The fraction of sp³-hybridized carbons (Fsp3) is 0.789. The quantitative estimate of drug-likeness (QED) is 0.613. The molecule has 1 N–H and O–H groups in total. The molecule has 146 valence electrons. The third kappa shape index (κ3) is 5.99. The Morgan fingerprint density at radius 1 is 1.08 bits per heavy atom. The summed E-state index contributed by atoms with van der Waals surface area (Å²) in [4.78, 5) is 12.3. The Morgan fingerprint density at radius 2 is 1.85 bits per heavy atom. The van der Waals surface area contributed by atoms with E-state index < -0.39 is 0 Å². The van der Waals surface area contributed by atoms with Crippen LogP contribution in [0, 0.1) is 0 Å². The lowest BCUT2D eigenvalue weighted by molar-refractivity contribution is 0.169. The van der Waals surface area contributed by atoms with Crippen LogP contribution in [-0.4, -0.2) is 84.7 Å². The lowest BCUT2D eigenvalue weighted by atomic mass is 10.2. The van der Waals surface area contributed by atoms with Gasteiger partial charge in [0.05, 0.1) is 12.2 Å². The fourth-order valence-corrected chi connectivity index (χ4v) is 3.75. The number of guanidine groups is 1. The van der Waals surface area contributed by atoms with Crippen LogP contribution in [0.5, 0.6) is 0 Å². The van der Waals surface area contributed by atoms with E-state index >= 15 is 0 Å². The van der Waals surface area contributed by atoms with Crippen LogP contribution in [0.2, 0.25) is 0 Å². The van der Waals surface area contributed by atoms with Gasteiger partial charge < -0.3 is 19.6 Å². The molecular formula is C19H34N6O. The van der Waals surface area contributed by atoms with Crippen molar-refractivity contribution in [3.05, 3.63) is 18.0 Å². The highest BCUT2D eigenvalue weighted by Gasteiger charge is 2.20. The molecule has 1 aromatic rings. The van der Waals surface area contributed by atoms with E-state index in [1.165, 1.54) is 38.8 Å². The van der Waals surface area contributed by atoms with Crippen LogP contribution in [-0.2, 0) is 6.54 Å². The number of hydrogen-bond donors (Lipinski definition) is 1. The van der Waals surface area contributed by atoms with E-state index in [9.17, 15) is 0 Å². The number of aliphatic imine (C=N–C) groups is 1. The highest BCUT2D eigenvalue weighted by atomic mass is 16.5. The zero-order valence-corrected chi connectivity index (χ0v) is 16.2. The zero-order chi connectivity index (χ0) is 18.0. The number of nitrogens with one attached hydrogen (secondary N) is 1. The van der Waals surface area contributed by atoms with Crippen LogP contribution >= 0.6 is 0 Å². The molecule has 0 radical (unpaired) electrons. The van der Waals surface area contributed by atoms with E-state index in [0.29, 0.717) is 0 Å². The van der Waals surface area contributed by atoms with Gasteiger partial charge in [-0.1, -0.05) is 18.0 Å². The summed E-state index contributed by atoms with van der Waals surface area (Å²) in [7, 11) is 0. The van der Waals surface area contributed by atoms with Gasteiger partial charge in [0.25, 0.3) is 0 Å². The van der Waals surface area contributed by atoms with Crippen LogP contribution in [0.15, 0.2) is 21.8 Å². The van der Waals surface area contributed by atoms with Crippen molar-refractivity contribution in [2.75, 3.05) is 58.9 Å². The summed E-state index contributed by atoms with van der Waals surface area (Å²) < 4.78 is 4.93. The van der Waals surface area contributed by atoms with Gasteiger partial charge in [-0.15, -0.1) is 0 Å². The average Bonchev–Trinajstić information content (AvgIpc) is 3.03. The molecule has 0 unspecified atom stereocenters. The maximum absolute atomic E-state index is 4.93. The lowest BCUT2D eigenvalue weighted by Crippen LogP contribution is -2.52. The van der Waals surface area contributed by atoms with Crippen molar-refractivity contribution < 1.29 is 4.52 Å². The Morgan fingerprint density at radius 3 is 2.50 bits per heavy atom. The fourth-order valence-electron chi connectivity index (χ4n) is 3.75. The summed E-state index contributed by atoms with van der Waals surface area (Å²) in [6.07, 6.45) is 7.11. The van der Waals surface area contributed by atoms with Crippen molar-refractivity contribution in [3.63, 3.8) is 0 Å². The molecule has 2 fully saturated rings. The van der Waals surface area contributed by atoms with Crippen LogP contribution < -0.4 is 5.32 Å². The third-order valence-corrected chi connectivity index (χ3v) is 5.26. The molecule has 0 atom stereocenters. The van der Waals surface area contributed by atoms with E-state index in [-0.39, 0.29) is 0 Å². The van der Waals surface area contributed by atoms with Crippen LogP contribution in [0.3, 0.4) is 0 Å². The van der Waals surface area contributed by atoms with Crippen molar-refractivity contribution in [1.29, 1.82) is 0 Å². The molecule has 0 saturated carbocycles. The van der Waals surface area contributed by atoms with Gasteiger partial charge in [0.15, 0.2) is 5.96 Å². The Balaban J connectivity index is 1.44. The standard InChI is InChI=1S/C19H34N6O/c1-2-20-19(21-8-11-23-9-5-3-4-6-10-23)25-14-12-24(13-15-25)17-18-7-16-26-22-18/h7,16H,2-6,8-15,17H2,1H3,(H,20,21). The summed E-state index contributed by atoms with van der Waals surface area (Å²) in [6.45, 7) is 12.5. The minimum absolute atomic E-state index is 0.868. The molecule has 0 aromatic carbocycles. The summed E-state index contributed by atoms with van der Waals surface area (Å²) in [5.41, 5.74) is 1.01. The number of hydrogen-bond acceptors (Lipinski definition) is 5. The topological polar surface area (TPSA) is 60.1 Å². The minimum Gasteiger partial charge on any atom is -0.364 e. The molecule has 2 aliphatic rings. The maximum atomic E-state index is 4.93. The Bertz CT molecular complexity index is 516. The highest BCUT2D eigenvalue weighted by Crippen LogP contribution is 2.10. The maximum Gasteiger partial charge on any atom is 0.194 e. The first-order chi connectivity index (χ1) is 12.8. The summed E-state index contributed by atoms with van der Waals surface area (Å²) in [5, 5.41) is 7.49. The molecule has 7 nitrogen and oxygen atoms in total. The minimum atomic E-state index is 0.868. The zero-order valence-electron chi connectivity index (χ0n) is 16.2. The van der Waals surface area contributed by atoms with E-state index in [4.69, 9.17) is 9.52 Å². The van der Waals surface area contributed by atoms with Crippen LogP contribution in [0.25, 0.3) is 0 Å². The molecule has 7 heteroatoms. The second-order valence-corrected chi connectivity index (χ2v) is 7.25. The summed E-state index contributed by atoms with van der Waals surface area (Å²) in [5.74, 6) is 1.07. The van der Waals surface area contributed by atoms with Gasteiger partial charge >= 0.3 is 0 Å². The van der Waals surface area contributed by atoms with Crippen molar-refractivity contribution in [2.24, 2.45) is 4.99 Å². The smallest absolute Gasteiger partial charge is 0.194 e. The van der Waals surface area contributed by atoms with Crippen molar-refractivity contribution >= 4 is 5.96 Å². The number of rotatable bonds is 6. The Labute approximate surface area is 157 Å². The lowest BCUT2D eigenvalue weighted by Gasteiger charge is -2.36. The first-order valence-corrected chi connectivity index (χ1v) is 10.2. The third-order valence-electron chi connectivity index (χ3n) is 5.26. The first kappa shape index (κ1) is 19.2. The number of likely N-dealkylation sites (tertiary alicyclic amines) is 1. The van der Waals surface area contributed by atoms with E-state index in [1.807, 2.05) is 6.07 Å². The number of nitrogens with zero attached hydrogens (tertiary/aromatic N) is 5. The predicted octanol–water partition coefficient (Wildman–Crippen LogP) is 1.63. The van der Waals surface area contributed by atoms with Crippen molar-refractivity contribution in [2.45, 2.75) is 39.2 Å². The summed E-state index contributed by atoms with van der Waals surface area (Å²) >= 11 is 0. The number of aromatic nitrogens is 1. The van der Waals surface area contributed by atoms with Gasteiger partial charge in [0, 0.05) is 51.9 Å². The van der Waals surface area contributed by atoms with Crippen molar-refractivity contribution in [3.8, 4) is 0 Å². The van der Waals surface area contributed by atoms with Crippen LogP contribution in [0.1, 0.15) is 38.3 Å². The largest absolute Gasteiger partial charge is 0.364 e. The average molecular weight is 363 g/mol. The molecule has 0 aliphatic carbocycles. The first-order valence-electron chi connectivity index (χ1n) is 10.2. The summed E-state index contributed by atoms with van der Waals surface area (Å²) in [6, 6.07) is 1.95. The van der Waals surface area contributed by atoms with Gasteiger partial charge in [0.2, 0.25) is 0 Å². The molecule has 0 spiro atoms. The molecular weight excluding hydrogens is 328 g/mol. The van der Waals surface area contributed by atoms with Gasteiger partial charge in [-0.25, -0.2) is 0 Å². The van der Waals surface area contributed by atoms with Gasteiger partial charge in [-0.2, -0.15) is 0 Å². The molecule has 26 heavy (non-hydrogen) atoms. The second kappa shape index (κ2) is 10.5. The molecule has 2 aliphatic heterocycles. The molecule has 0 bridgehead atoms. The highest BCUT2D eigenvalue weighted by molar-refractivity contribution is 5.80. The molecule has 2 saturated heterocycles. The predicted molar refractivity (Wildman–Crippen MR) is 104 cm³/mol. The van der Waals surface area contributed by atoms with Crippen molar-refractivity contribution in [1.82, 2.24) is 25.2 Å². The second-order valence-electron chi connectivity index (χ2n) is 7.25.